The summed E-state index contributed by atoms with van der Waals surface area (Å²) in [6, 6.07) is 9.99. The van der Waals surface area contributed by atoms with Crippen LogP contribution in [-0.4, -0.2) is 62.6 Å². The summed E-state index contributed by atoms with van der Waals surface area (Å²) in [5, 5.41) is 9.52. The molecule has 1 heterocycles. The number of benzene rings is 1. The van der Waals surface area contributed by atoms with Crippen molar-refractivity contribution in [3.63, 3.8) is 0 Å². The van der Waals surface area contributed by atoms with Gasteiger partial charge in [-0.05, 0) is 37.9 Å². The van der Waals surface area contributed by atoms with Crippen LogP contribution in [0.2, 0.25) is 0 Å². The summed E-state index contributed by atoms with van der Waals surface area (Å²) < 4.78 is 0. The van der Waals surface area contributed by atoms with Gasteiger partial charge in [-0.25, -0.2) is 0 Å². The molecule has 0 spiro atoms. The molecule has 27 heavy (non-hydrogen) atoms. The Balaban J connectivity index is 0.00000364. The maximum Gasteiger partial charge on any atom is 0.251 e. The van der Waals surface area contributed by atoms with Crippen molar-refractivity contribution in [2.75, 3.05) is 39.8 Å². The molecule has 1 unspecified atom stereocenters. The first-order valence-corrected chi connectivity index (χ1v) is 9.76. The van der Waals surface area contributed by atoms with Crippen molar-refractivity contribution in [2.45, 2.75) is 38.6 Å². The van der Waals surface area contributed by atoms with Crippen LogP contribution in [0.15, 0.2) is 35.3 Å². The molecule has 1 fully saturated rings. The smallest absolute Gasteiger partial charge is 0.251 e. The van der Waals surface area contributed by atoms with E-state index in [0.717, 1.165) is 25.1 Å². The van der Waals surface area contributed by atoms with Gasteiger partial charge in [-0.1, -0.05) is 31.5 Å². The third kappa shape index (κ3) is 8.47. The maximum atomic E-state index is 12.0. The number of carbonyl (C=O) groups is 1. The minimum atomic E-state index is -0.0500. The molecule has 0 aromatic heterocycles. The molecule has 1 atom stereocenters. The highest BCUT2D eigenvalue weighted by atomic mass is 127. The van der Waals surface area contributed by atoms with E-state index in [1.807, 2.05) is 30.3 Å². The van der Waals surface area contributed by atoms with Crippen LogP contribution in [0.3, 0.4) is 0 Å². The predicted molar refractivity (Wildman–Crippen MR) is 123 cm³/mol. The van der Waals surface area contributed by atoms with Gasteiger partial charge >= 0.3 is 0 Å². The number of nitrogens with one attached hydrogen (secondary N) is 3. The number of hydrogen-bond acceptors (Lipinski definition) is 3. The number of rotatable bonds is 8. The SMILES string of the molecule is CCC1CCCCN1CCNC(=NC)NCCNC(=O)c1ccccc1.I. The van der Waals surface area contributed by atoms with Gasteiger partial charge in [-0.15, -0.1) is 24.0 Å². The molecule has 1 aromatic rings. The van der Waals surface area contributed by atoms with Crippen LogP contribution >= 0.6 is 24.0 Å². The van der Waals surface area contributed by atoms with Gasteiger partial charge in [0.2, 0.25) is 0 Å². The number of nitrogens with zero attached hydrogens (tertiary/aromatic N) is 2. The summed E-state index contributed by atoms with van der Waals surface area (Å²) in [5.41, 5.74) is 0.682. The number of guanidine groups is 1. The number of hydrogen-bond donors (Lipinski definition) is 3. The van der Waals surface area contributed by atoms with Crippen molar-refractivity contribution in [1.29, 1.82) is 0 Å². The minimum absolute atomic E-state index is 0. The zero-order valence-corrected chi connectivity index (χ0v) is 18.9. The van der Waals surface area contributed by atoms with Gasteiger partial charge in [0.1, 0.15) is 0 Å². The molecule has 1 amide bonds. The first-order chi connectivity index (χ1) is 12.7. The predicted octanol–water partition coefficient (Wildman–Crippen LogP) is 2.46. The largest absolute Gasteiger partial charge is 0.355 e. The van der Waals surface area contributed by atoms with E-state index in [1.54, 1.807) is 7.05 Å². The quantitative estimate of drug-likeness (QED) is 0.228. The van der Waals surface area contributed by atoms with E-state index >= 15 is 0 Å². The lowest BCUT2D eigenvalue weighted by molar-refractivity contribution is 0.0954. The molecule has 0 bridgehead atoms. The molecule has 1 saturated heterocycles. The van der Waals surface area contributed by atoms with Crippen molar-refractivity contribution in [3.8, 4) is 0 Å². The van der Waals surface area contributed by atoms with Crippen molar-refractivity contribution in [2.24, 2.45) is 4.99 Å². The lowest BCUT2D eigenvalue weighted by Gasteiger charge is -2.35. The van der Waals surface area contributed by atoms with Crippen LogP contribution in [0.4, 0.5) is 0 Å². The zero-order valence-electron chi connectivity index (χ0n) is 16.5. The molecular weight excluding hydrogens is 453 g/mol. The number of carbonyl (C=O) groups excluding carboxylic acids is 1. The van der Waals surface area contributed by atoms with E-state index in [9.17, 15) is 4.79 Å². The summed E-state index contributed by atoms with van der Waals surface area (Å²) in [4.78, 5) is 18.8. The number of aliphatic imine (C=N–C) groups is 1. The van der Waals surface area contributed by atoms with Gasteiger partial charge in [0.15, 0.2) is 5.96 Å². The minimum Gasteiger partial charge on any atom is -0.355 e. The Morgan fingerprint density at radius 1 is 1.11 bits per heavy atom. The Morgan fingerprint density at radius 2 is 1.81 bits per heavy atom. The molecule has 3 N–H and O–H groups in total. The van der Waals surface area contributed by atoms with Crippen LogP contribution in [0.1, 0.15) is 43.0 Å². The zero-order chi connectivity index (χ0) is 18.6. The Bertz CT molecular complexity index is 567. The van der Waals surface area contributed by atoms with E-state index in [0.29, 0.717) is 18.7 Å². The molecule has 6 nitrogen and oxygen atoms in total. The van der Waals surface area contributed by atoms with Crippen LogP contribution in [0, 0.1) is 0 Å². The maximum absolute atomic E-state index is 12.0. The molecule has 0 saturated carbocycles. The van der Waals surface area contributed by atoms with E-state index in [1.165, 1.54) is 32.2 Å². The first kappa shape index (κ1) is 23.7. The van der Waals surface area contributed by atoms with Gasteiger partial charge < -0.3 is 16.0 Å². The van der Waals surface area contributed by atoms with Crippen molar-refractivity contribution in [1.82, 2.24) is 20.9 Å². The second-order valence-electron chi connectivity index (χ2n) is 6.64. The number of amides is 1. The molecule has 152 valence electrons. The molecule has 7 heteroatoms. The fraction of sp³-hybridized carbons (Fsp3) is 0.600. The van der Waals surface area contributed by atoms with Gasteiger partial charge in [0.05, 0.1) is 0 Å². The van der Waals surface area contributed by atoms with Crippen molar-refractivity contribution in [3.05, 3.63) is 35.9 Å². The first-order valence-electron chi connectivity index (χ1n) is 9.76. The summed E-state index contributed by atoms with van der Waals surface area (Å²) >= 11 is 0. The highest BCUT2D eigenvalue weighted by Crippen LogP contribution is 2.18. The average molecular weight is 487 g/mol. The van der Waals surface area contributed by atoms with Crippen LogP contribution < -0.4 is 16.0 Å². The Hall–Kier alpha value is -1.35. The topological polar surface area (TPSA) is 68.8 Å². The van der Waals surface area contributed by atoms with Gasteiger partial charge in [0, 0.05) is 44.8 Å². The van der Waals surface area contributed by atoms with Crippen LogP contribution in [-0.2, 0) is 0 Å². The summed E-state index contributed by atoms with van der Waals surface area (Å²) in [6.07, 6.45) is 5.23. The van der Waals surface area contributed by atoms with Crippen LogP contribution in [0.25, 0.3) is 0 Å². The second kappa shape index (κ2) is 13.8. The van der Waals surface area contributed by atoms with E-state index in [2.05, 4.69) is 32.8 Å². The molecular formula is C20H34IN5O. The third-order valence-corrected chi connectivity index (χ3v) is 4.87. The van der Waals surface area contributed by atoms with Crippen LogP contribution in [0.5, 0.6) is 0 Å². The fourth-order valence-electron chi connectivity index (χ4n) is 3.40. The normalized spacial score (nSPS) is 17.7. The van der Waals surface area contributed by atoms with E-state index in [-0.39, 0.29) is 29.9 Å². The van der Waals surface area contributed by atoms with Crippen molar-refractivity contribution >= 4 is 35.8 Å². The van der Waals surface area contributed by atoms with Gasteiger partial charge in [-0.3, -0.25) is 14.7 Å². The number of halogens is 1. The molecule has 0 aliphatic carbocycles. The Morgan fingerprint density at radius 3 is 2.52 bits per heavy atom. The molecule has 1 aromatic carbocycles. The van der Waals surface area contributed by atoms with E-state index < -0.39 is 0 Å². The molecule has 0 radical (unpaired) electrons. The van der Waals surface area contributed by atoms with Crippen molar-refractivity contribution < 1.29 is 4.79 Å². The highest BCUT2D eigenvalue weighted by molar-refractivity contribution is 14.0. The van der Waals surface area contributed by atoms with Gasteiger partial charge in [0.25, 0.3) is 5.91 Å². The number of piperidine rings is 1. The Kier molecular flexibility index (Phi) is 12.1. The second-order valence-corrected chi connectivity index (χ2v) is 6.64. The number of likely N-dealkylation sites (tertiary alicyclic amines) is 1. The highest BCUT2D eigenvalue weighted by Gasteiger charge is 2.19. The lowest BCUT2D eigenvalue weighted by Crippen LogP contribution is -2.46. The summed E-state index contributed by atoms with van der Waals surface area (Å²) in [6.45, 7) is 6.60. The molecule has 2 rings (SSSR count). The molecule has 1 aliphatic rings. The standard InChI is InChI=1S/C20H33N5O.HI/c1-3-18-11-7-8-15-25(18)16-14-24-20(21-2)23-13-12-22-19(26)17-9-5-4-6-10-17;/h4-6,9-10,18H,3,7-8,11-16H2,1-2H3,(H,22,26)(H2,21,23,24);1H. The lowest BCUT2D eigenvalue weighted by atomic mass is 10.0. The Labute approximate surface area is 180 Å². The summed E-state index contributed by atoms with van der Waals surface area (Å²) in [5.74, 6) is 0.732. The third-order valence-electron chi connectivity index (χ3n) is 4.87. The summed E-state index contributed by atoms with van der Waals surface area (Å²) in [7, 11) is 1.77. The molecule has 1 aliphatic heterocycles. The monoisotopic (exact) mass is 487 g/mol. The van der Waals surface area contributed by atoms with E-state index in [4.69, 9.17) is 0 Å². The van der Waals surface area contributed by atoms with Gasteiger partial charge in [-0.2, -0.15) is 0 Å². The fourth-order valence-corrected chi connectivity index (χ4v) is 3.40. The average Bonchev–Trinajstić information content (AvgIpc) is 2.70.